The standard InChI is InChI=1S/C14H26N2O2/c1-16(2)13(17)6-10-15-11-12-5-9-14(18-12)7-3-4-8-14/h12,15H,3-11H2,1-2H3. The third kappa shape index (κ3) is 3.45. The molecule has 1 aliphatic carbocycles. The van der Waals surface area contributed by atoms with Crippen LogP contribution in [0.4, 0.5) is 0 Å². The monoisotopic (exact) mass is 254 g/mol. The minimum atomic E-state index is 0.183. The number of hydrogen-bond acceptors (Lipinski definition) is 3. The van der Waals surface area contributed by atoms with Gasteiger partial charge in [0.15, 0.2) is 0 Å². The lowest BCUT2D eigenvalue weighted by Crippen LogP contribution is -2.33. The number of rotatable bonds is 5. The SMILES string of the molecule is CN(C)C(=O)CCNCC1CCC2(CCCC2)O1. The Hall–Kier alpha value is -0.610. The van der Waals surface area contributed by atoms with Crippen LogP contribution in [0, 0.1) is 0 Å². The number of carbonyl (C=O) groups excluding carboxylic acids is 1. The Morgan fingerprint density at radius 2 is 2.06 bits per heavy atom. The Bertz CT molecular complexity index is 286. The van der Waals surface area contributed by atoms with Gasteiger partial charge >= 0.3 is 0 Å². The van der Waals surface area contributed by atoms with Crippen LogP contribution in [0.25, 0.3) is 0 Å². The van der Waals surface area contributed by atoms with Gasteiger partial charge in [0, 0.05) is 33.6 Å². The Kier molecular flexibility index (Phi) is 4.62. The van der Waals surface area contributed by atoms with Crippen molar-refractivity contribution in [3.63, 3.8) is 0 Å². The van der Waals surface area contributed by atoms with Gasteiger partial charge in [0.05, 0.1) is 11.7 Å². The van der Waals surface area contributed by atoms with Crippen LogP contribution in [0.3, 0.4) is 0 Å². The van der Waals surface area contributed by atoms with E-state index >= 15 is 0 Å². The molecule has 0 radical (unpaired) electrons. The second-order valence-corrected chi connectivity index (χ2v) is 5.91. The molecule has 2 rings (SSSR count). The summed E-state index contributed by atoms with van der Waals surface area (Å²) in [5.41, 5.74) is 0.228. The van der Waals surface area contributed by atoms with Crippen LogP contribution in [0.1, 0.15) is 44.9 Å². The summed E-state index contributed by atoms with van der Waals surface area (Å²) in [5, 5.41) is 3.35. The first-order chi connectivity index (χ1) is 8.61. The maximum atomic E-state index is 11.4. The fourth-order valence-corrected chi connectivity index (χ4v) is 3.11. The first kappa shape index (κ1) is 13.8. The van der Waals surface area contributed by atoms with Gasteiger partial charge in [-0.2, -0.15) is 0 Å². The highest BCUT2D eigenvalue weighted by Crippen LogP contribution is 2.43. The van der Waals surface area contributed by atoms with Crippen molar-refractivity contribution in [3.8, 4) is 0 Å². The van der Waals surface area contributed by atoms with Gasteiger partial charge in [-0.15, -0.1) is 0 Å². The first-order valence-corrected chi connectivity index (χ1v) is 7.20. The molecular weight excluding hydrogens is 228 g/mol. The van der Waals surface area contributed by atoms with Crippen molar-refractivity contribution in [2.45, 2.75) is 56.7 Å². The van der Waals surface area contributed by atoms with Crippen molar-refractivity contribution in [2.24, 2.45) is 0 Å². The fraction of sp³-hybridized carbons (Fsp3) is 0.929. The number of nitrogens with one attached hydrogen (secondary N) is 1. The molecule has 1 unspecified atom stereocenters. The smallest absolute Gasteiger partial charge is 0.223 e. The highest BCUT2D eigenvalue weighted by atomic mass is 16.5. The molecule has 18 heavy (non-hydrogen) atoms. The molecule has 1 amide bonds. The zero-order chi connectivity index (χ0) is 13.0. The summed E-state index contributed by atoms with van der Waals surface area (Å²) < 4.78 is 6.21. The average molecular weight is 254 g/mol. The molecule has 4 heteroatoms. The maximum Gasteiger partial charge on any atom is 0.223 e. The van der Waals surface area contributed by atoms with Crippen LogP contribution in [-0.4, -0.2) is 49.7 Å². The molecule has 1 N–H and O–H groups in total. The molecule has 0 aromatic rings. The lowest BCUT2D eigenvalue weighted by Gasteiger charge is -2.24. The molecule has 2 aliphatic rings. The molecule has 1 heterocycles. The molecule has 104 valence electrons. The Balaban J connectivity index is 1.59. The van der Waals surface area contributed by atoms with Gasteiger partial charge in [-0.25, -0.2) is 0 Å². The van der Waals surface area contributed by atoms with E-state index in [1.807, 2.05) is 0 Å². The molecule has 1 atom stereocenters. The number of carbonyl (C=O) groups is 1. The van der Waals surface area contributed by atoms with Crippen LogP contribution in [-0.2, 0) is 9.53 Å². The van der Waals surface area contributed by atoms with E-state index in [0.717, 1.165) is 13.1 Å². The van der Waals surface area contributed by atoms with Gasteiger partial charge in [-0.3, -0.25) is 4.79 Å². The quantitative estimate of drug-likeness (QED) is 0.757. The van der Waals surface area contributed by atoms with E-state index in [-0.39, 0.29) is 11.5 Å². The largest absolute Gasteiger partial charge is 0.370 e. The van der Waals surface area contributed by atoms with Crippen LogP contribution >= 0.6 is 0 Å². The molecule has 0 bridgehead atoms. The number of nitrogens with zero attached hydrogens (tertiary/aromatic N) is 1. The summed E-state index contributed by atoms with van der Waals surface area (Å²) in [6.07, 6.45) is 8.51. The number of ether oxygens (including phenoxy) is 1. The molecule has 4 nitrogen and oxygen atoms in total. The Morgan fingerprint density at radius 1 is 1.33 bits per heavy atom. The van der Waals surface area contributed by atoms with E-state index in [9.17, 15) is 4.79 Å². The minimum absolute atomic E-state index is 0.183. The van der Waals surface area contributed by atoms with Crippen molar-refractivity contribution >= 4 is 5.91 Å². The zero-order valence-electron chi connectivity index (χ0n) is 11.7. The summed E-state index contributed by atoms with van der Waals surface area (Å²) in [5.74, 6) is 0.183. The molecule has 2 fully saturated rings. The Labute approximate surface area is 110 Å². The molecule has 0 aromatic heterocycles. The second-order valence-electron chi connectivity index (χ2n) is 5.91. The van der Waals surface area contributed by atoms with Crippen LogP contribution in [0.5, 0.6) is 0 Å². The predicted molar refractivity (Wildman–Crippen MR) is 71.5 cm³/mol. The van der Waals surface area contributed by atoms with Crippen molar-refractivity contribution in [2.75, 3.05) is 27.2 Å². The van der Waals surface area contributed by atoms with E-state index < -0.39 is 0 Å². The summed E-state index contributed by atoms with van der Waals surface area (Å²) in [6.45, 7) is 1.65. The van der Waals surface area contributed by atoms with E-state index in [4.69, 9.17) is 4.74 Å². The minimum Gasteiger partial charge on any atom is -0.370 e. The van der Waals surface area contributed by atoms with E-state index in [0.29, 0.717) is 12.5 Å². The van der Waals surface area contributed by atoms with Crippen molar-refractivity contribution in [1.82, 2.24) is 10.2 Å². The molecule has 1 saturated heterocycles. The average Bonchev–Trinajstić information content (AvgIpc) is 2.95. The van der Waals surface area contributed by atoms with Crippen molar-refractivity contribution < 1.29 is 9.53 Å². The number of amides is 1. The molecule has 1 aliphatic heterocycles. The first-order valence-electron chi connectivity index (χ1n) is 7.20. The van der Waals surface area contributed by atoms with Crippen LogP contribution < -0.4 is 5.32 Å². The topological polar surface area (TPSA) is 41.6 Å². The summed E-state index contributed by atoms with van der Waals surface area (Å²) >= 11 is 0. The third-order valence-electron chi connectivity index (χ3n) is 4.24. The van der Waals surface area contributed by atoms with E-state index in [1.165, 1.54) is 38.5 Å². The number of hydrogen-bond donors (Lipinski definition) is 1. The van der Waals surface area contributed by atoms with Crippen molar-refractivity contribution in [1.29, 1.82) is 0 Å². The van der Waals surface area contributed by atoms with Crippen LogP contribution in [0.15, 0.2) is 0 Å². The lowest BCUT2D eigenvalue weighted by molar-refractivity contribution is -0.128. The molecule has 0 aromatic carbocycles. The van der Waals surface area contributed by atoms with Gasteiger partial charge < -0.3 is 15.0 Å². The van der Waals surface area contributed by atoms with Gasteiger partial charge in [-0.05, 0) is 25.7 Å². The predicted octanol–water partition coefficient (Wildman–Crippen LogP) is 1.55. The normalized spacial score (nSPS) is 25.8. The van der Waals surface area contributed by atoms with Gasteiger partial charge in [0.1, 0.15) is 0 Å². The van der Waals surface area contributed by atoms with Crippen LogP contribution in [0.2, 0.25) is 0 Å². The summed E-state index contributed by atoms with van der Waals surface area (Å²) in [6, 6.07) is 0. The van der Waals surface area contributed by atoms with E-state index in [2.05, 4.69) is 5.32 Å². The zero-order valence-corrected chi connectivity index (χ0v) is 11.7. The lowest BCUT2D eigenvalue weighted by atomic mass is 9.98. The van der Waals surface area contributed by atoms with E-state index in [1.54, 1.807) is 19.0 Å². The maximum absolute atomic E-state index is 11.4. The summed E-state index contributed by atoms with van der Waals surface area (Å²) in [7, 11) is 3.60. The third-order valence-corrected chi connectivity index (χ3v) is 4.24. The highest BCUT2D eigenvalue weighted by molar-refractivity contribution is 5.75. The molecular formula is C14H26N2O2. The van der Waals surface area contributed by atoms with Gasteiger partial charge in [0.2, 0.25) is 5.91 Å². The molecule has 1 spiro atoms. The highest BCUT2D eigenvalue weighted by Gasteiger charge is 2.41. The fourth-order valence-electron chi connectivity index (χ4n) is 3.11. The van der Waals surface area contributed by atoms with Gasteiger partial charge in [-0.1, -0.05) is 12.8 Å². The second kappa shape index (κ2) is 6.02. The molecule has 1 saturated carbocycles. The van der Waals surface area contributed by atoms with Gasteiger partial charge in [0.25, 0.3) is 0 Å². The summed E-state index contributed by atoms with van der Waals surface area (Å²) in [4.78, 5) is 13.0. The van der Waals surface area contributed by atoms with Crippen molar-refractivity contribution in [3.05, 3.63) is 0 Å². The Morgan fingerprint density at radius 3 is 2.72 bits per heavy atom.